The maximum Gasteiger partial charge on any atom is 0.216 e. The highest BCUT2D eigenvalue weighted by Gasteiger charge is 2.39. The Morgan fingerprint density at radius 2 is 1.54 bits per heavy atom. The number of aromatic nitrogens is 1. The maximum atomic E-state index is 6.73. The van der Waals surface area contributed by atoms with Gasteiger partial charge in [0.2, 0.25) is 5.69 Å². The van der Waals surface area contributed by atoms with Crippen molar-refractivity contribution in [2.45, 2.75) is 58.3 Å². The van der Waals surface area contributed by atoms with Crippen molar-refractivity contribution in [1.82, 2.24) is 0 Å². The van der Waals surface area contributed by atoms with Gasteiger partial charge in [-0.05, 0) is 64.5 Å². The summed E-state index contributed by atoms with van der Waals surface area (Å²) in [6.07, 6.45) is 4.55. The fourth-order valence-electron chi connectivity index (χ4n) is 6.13. The lowest BCUT2D eigenvalue weighted by atomic mass is 9.62. The van der Waals surface area contributed by atoms with E-state index >= 15 is 0 Å². The first-order valence-electron chi connectivity index (χ1n) is 12.7. The van der Waals surface area contributed by atoms with Gasteiger partial charge >= 0.3 is 0 Å². The summed E-state index contributed by atoms with van der Waals surface area (Å²) in [5.41, 5.74) is 11.2. The number of aryl methyl sites for hydroxylation is 2. The van der Waals surface area contributed by atoms with Crippen molar-refractivity contribution >= 4 is 21.9 Å². The van der Waals surface area contributed by atoms with E-state index in [4.69, 9.17) is 4.42 Å². The van der Waals surface area contributed by atoms with Crippen molar-refractivity contribution in [1.29, 1.82) is 0 Å². The van der Waals surface area contributed by atoms with Crippen LogP contribution in [0.3, 0.4) is 0 Å². The Balaban J connectivity index is 1.68. The van der Waals surface area contributed by atoms with Gasteiger partial charge in [-0.15, -0.1) is 0 Å². The summed E-state index contributed by atoms with van der Waals surface area (Å²) in [6, 6.07) is 24.2. The molecule has 0 atom stereocenters. The Labute approximate surface area is 208 Å². The quantitative estimate of drug-likeness (QED) is 0.242. The molecule has 6 rings (SSSR count). The van der Waals surface area contributed by atoms with Gasteiger partial charge in [0.05, 0.1) is 5.56 Å². The Hall–Kier alpha value is -3.39. The molecule has 1 aliphatic rings. The number of furan rings is 1. The first-order valence-corrected chi connectivity index (χ1v) is 12.7. The second kappa shape index (κ2) is 7.55. The van der Waals surface area contributed by atoms with Crippen LogP contribution in [0.15, 0.2) is 77.3 Å². The number of hydrogen-bond donors (Lipinski definition) is 0. The molecule has 1 aliphatic carbocycles. The van der Waals surface area contributed by atoms with Gasteiger partial charge in [0.25, 0.3) is 0 Å². The first kappa shape index (κ1) is 22.1. The highest BCUT2D eigenvalue weighted by atomic mass is 16.3. The van der Waals surface area contributed by atoms with Crippen LogP contribution >= 0.6 is 0 Å². The van der Waals surface area contributed by atoms with E-state index in [1.54, 1.807) is 0 Å². The molecule has 0 unspecified atom stereocenters. The van der Waals surface area contributed by atoms with E-state index in [9.17, 15) is 0 Å². The summed E-state index contributed by atoms with van der Waals surface area (Å²) in [5, 5.41) is 2.53. The van der Waals surface area contributed by atoms with E-state index in [-0.39, 0.29) is 10.8 Å². The van der Waals surface area contributed by atoms with E-state index in [2.05, 4.69) is 119 Å². The number of benzene rings is 3. The molecule has 2 heterocycles. The van der Waals surface area contributed by atoms with Crippen molar-refractivity contribution in [3.8, 4) is 22.4 Å². The molecule has 5 aromatic rings. The second-order valence-electron chi connectivity index (χ2n) is 11.6. The van der Waals surface area contributed by atoms with Crippen LogP contribution < -0.4 is 4.57 Å². The number of nitrogens with zero attached hydrogens (tertiary/aromatic N) is 1. The number of fused-ring (bicyclic) bond motifs is 5. The molecule has 3 aromatic carbocycles. The number of hydrogen-bond acceptors (Lipinski definition) is 1. The van der Waals surface area contributed by atoms with Gasteiger partial charge in [-0.1, -0.05) is 76.2 Å². The summed E-state index contributed by atoms with van der Waals surface area (Å²) in [7, 11) is 2.12. The van der Waals surface area contributed by atoms with Crippen LogP contribution in [0.5, 0.6) is 0 Å². The molecule has 0 aliphatic heterocycles. The predicted octanol–water partition coefficient (Wildman–Crippen LogP) is 8.40. The van der Waals surface area contributed by atoms with Crippen molar-refractivity contribution < 1.29 is 8.98 Å². The Bertz CT molecular complexity index is 1600. The molecule has 0 saturated carbocycles. The van der Waals surface area contributed by atoms with E-state index in [0.717, 1.165) is 11.2 Å². The third-order valence-electron chi connectivity index (χ3n) is 8.31. The molecule has 0 radical (unpaired) electrons. The SMILES string of the molecule is Cc1ccc2c(oc3ccc4c(c32)C(C)(C)CCC4(C)C)c1-c1cc(-c2ccccc2)cc[n+]1C. The normalized spacial score (nSPS) is 16.5. The summed E-state index contributed by atoms with van der Waals surface area (Å²) in [4.78, 5) is 0. The largest absolute Gasteiger partial charge is 0.455 e. The summed E-state index contributed by atoms with van der Waals surface area (Å²) >= 11 is 0. The molecule has 176 valence electrons. The van der Waals surface area contributed by atoms with Gasteiger partial charge in [0, 0.05) is 22.9 Å². The molecule has 0 N–H and O–H groups in total. The van der Waals surface area contributed by atoms with Crippen molar-refractivity contribution in [3.63, 3.8) is 0 Å². The predicted molar refractivity (Wildman–Crippen MR) is 146 cm³/mol. The molecule has 0 bridgehead atoms. The Morgan fingerprint density at radius 3 is 2.31 bits per heavy atom. The van der Waals surface area contributed by atoms with Crippen LogP contribution in [0.4, 0.5) is 0 Å². The van der Waals surface area contributed by atoms with E-state index in [1.807, 2.05) is 0 Å². The molecule has 0 amide bonds. The zero-order valence-electron chi connectivity index (χ0n) is 21.7. The smallest absolute Gasteiger partial charge is 0.216 e. The summed E-state index contributed by atoms with van der Waals surface area (Å²) in [5.74, 6) is 0. The lowest BCUT2D eigenvalue weighted by molar-refractivity contribution is -0.660. The van der Waals surface area contributed by atoms with Crippen molar-refractivity contribution in [2.75, 3.05) is 0 Å². The Morgan fingerprint density at radius 1 is 0.800 bits per heavy atom. The van der Waals surface area contributed by atoms with Gasteiger partial charge in [0.1, 0.15) is 18.2 Å². The average molecular weight is 461 g/mol. The maximum absolute atomic E-state index is 6.73. The molecule has 0 saturated heterocycles. The molecular formula is C33H34NO+. The first-order chi connectivity index (χ1) is 16.7. The minimum absolute atomic E-state index is 0.115. The van der Waals surface area contributed by atoms with Gasteiger partial charge < -0.3 is 4.42 Å². The lowest BCUT2D eigenvalue weighted by Gasteiger charge is -2.42. The fraction of sp³-hybridized carbons (Fsp3) is 0.303. The zero-order chi connectivity index (χ0) is 24.5. The molecule has 0 spiro atoms. The molecule has 2 nitrogen and oxygen atoms in total. The molecule has 2 aromatic heterocycles. The zero-order valence-corrected chi connectivity index (χ0v) is 21.7. The van der Waals surface area contributed by atoms with Gasteiger partial charge in [-0.25, -0.2) is 4.57 Å². The highest BCUT2D eigenvalue weighted by molar-refractivity contribution is 6.12. The van der Waals surface area contributed by atoms with Gasteiger partial charge in [-0.2, -0.15) is 0 Å². The highest BCUT2D eigenvalue weighted by Crippen LogP contribution is 2.51. The van der Waals surface area contributed by atoms with Gasteiger partial charge in [-0.3, -0.25) is 0 Å². The van der Waals surface area contributed by atoms with Crippen molar-refractivity contribution in [2.24, 2.45) is 7.05 Å². The third kappa shape index (κ3) is 3.34. The van der Waals surface area contributed by atoms with Crippen LogP contribution in [0.25, 0.3) is 44.3 Å². The number of pyridine rings is 1. The Kier molecular flexibility index (Phi) is 4.77. The molecular weight excluding hydrogens is 426 g/mol. The minimum atomic E-state index is 0.115. The topological polar surface area (TPSA) is 17.0 Å². The fourth-order valence-corrected chi connectivity index (χ4v) is 6.13. The number of rotatable bonds is 2. The molecule has 0 fully saturated rings. The van der Waals surface area contributed by atoms with Crippen molar-refractivity contribution in [3.05, 3.63) is 89.6 Å². The van der Waals surface area contributed by atoms with E-state index < -0.39 is 0 Å². The van der Waals surface area contributed by atoms with Crippen LogP contribution in [-0.4, -0.2) is 0 Å². The van der Waals surface area contributed by atoms with Crippen LogP contribution in [0.2, 0.25) is 0 Å². The third-order valence-corrected chi connectivity index (χ3v) is 8.31. The standard InChI is InChI=1S/C33H34NO/c1-21-12-13-24-29-27(15-14-25-30(29)33(4,5)18-17-32(25,2)3)35-31(24)28(21)26-20-23(16-19-34(26)6)22-10-8-7-9-11-22/h7-16,19-20H,17-18H2,1-6H3/q+1. The van der Waals surface area contributed by atoms with E-state index in [0.29, 0.717) is 0 Å². The summed E-state index contributed by atoms with van der Waals surface area (Å²) < 4.78 is 8.95. The minimum Gasteiger partial charge on any atom is -0.455 e. The lowest BCUT2D eigenvalue weighted by Crippen LogP contribution is -2.33. The van der Waals surface area contributed by atoms with Gasteiger partial charge in [0.15, 0.2) is 6.20 Å². The second-order valence-corrected chi connectivity index (χ2v) is 11.6. The van der Waals surface area contributed by atoms with Crippen LogP contribution in [0.1, 0.15) is 57.2 Å². The average Bonchev–Trinajstić information content (AvgIpc) is 3.21. The monoisotopic (exact) mass is 460 g/mol. The van der Waals surface area contributed by atoms with Crippen LogP contribution in [0, 0.1) is 6.92 Å². The molecule has 2 heteroatoms. The van der Waals surface area contributed by atoms with Crippen LogP contribution in [-0.2, 0) is 17.9 Å². The molecule has 35 heavy (non-hydrogen) atoms. The summed E-state index contributed by atoms with van der Waals surface area (Å²) in [6.45, 7) is 11.8. The van der Waals surface area contributed by atoms with E-state index in [1.165, 1.54) is 62.7 Å².